The third-order valence-electron chi connectivity index (χ3n) is 7.25. The highest BCUT2D eigenvalue weighted by molar-refractivity contribution is 5.94. The van der Waals surface area contributed by atoms with Crippen LogP contribution in [-0.2, 0) is 0 Å². The average molecular weight is 482 g/mol. The van der Waals surface area contributed by atoms with Crippen LogP contribution in [0.2, 0.25) is 0 Å². The number of hydrogen-bond acceptors (Lipinski definition) is 6. The van der Waals surface area contributed by atoms with Gasteiger partial charge in [-0.3, -0.25) is 9.20 Å². The summed E-state index contributed by atoms with van der Waals surface area (Å²) < 4.78 is 2.03. The van der Waals surface area contributed by atoms with Gasteiger partial charge in [0.15, 0.2) is 11.5 Å². The highest BCUT2D eigenvalue weighted by Crippen LogP contribution is 2.27. The molecule has 8 nitrogen and oxygen atoms in total. The van der Waals surface area contributed by atoms with Crippen LogP contribution < -0.4 is 10.2 Å². The van der Waals surface area contributed by atoms with Crippen molar-refractivity contribution in [3.8, 4) is 11.3 Å². The lowest BCUT2D eigenvalue weighted by Gasteiger charge is -2.34. The molecule has 0 saturated carbocycles. The predicted octanol–water partition coefficient (Wildman–Crippen LogP) is 4.13. The molecule has 4 aromatic rings. The monoisotopic (exact) mass is 481 g/mol. The van der Waals surface area contributed by atoms with Gasteiger partial charge in [0.1, 0.15) is 0 Å². The lowest BCUT2D eigenvalue weighted by atomic mass is 10.1. The van der Waals surface area contributed by atoms with Gasteiger partial charge in [0.25, 0.3) is 5.91 Å². The maximum absolute atomic E-state index is 12.7. The molecule has 2 aliphatic heterocycles. The average Bonchev–Trinajstić information content (AvgIpc) is 3.63. The van der Waals surface area contributed by atoms with Gasteiger partial charge in [-0.1, -0.05) is 12.1 Å². The summed E-state index contributed by atoms with van der Waals surface area (Å²) in [4.78, 5) is 28.7. The number of rotatable bonds is 5. The molecule has 8 heteroatoms. The molecule has 2 aromatic carbocycles. The van der Waals surface area contributed by atoms with Crippen LogP contribution in [0.25, 0.3) is 16.9 Å². The second-order valence-electron chi connectivity index (χ2n) is 9.65. The highest BCUT2D eigenvalue weighted by atomic mass is 16.2. The third kappa shape index (κ3) is 4.40. The number of carbonyl (C=O) groups is 1. The fourth-order valence-electron chi connectivity index (χ4n) is 5.06. The minimum atomic E-state index is 0.114. The van der Waals surface area contributed by atoms with Gasteiger partial charge in [0, 0.05) is 74.2 Å². The molecule has 2 saturated heterocycles. The quantitative estimate of drug-likeness (QED) is 0.462. The number of piperazine rings is 1. The summed E-state index contributed by atoms with van der Waals surface area (Å²) in [6.07, 6.45) is 7.77. The third-order valence-corrected chi connectivity index (χ3v) is 7.25. The van der Waals surface area contributed by atoms with Crippen molar-refractivity contribution in [2.45, 2.75) is 12.8 Å². The molecule has 0 radical (unpaired) electrons. The number of aromatic nitrogens is 3. The molecular formula is C28H31N7O. The fourth-order valence-corrected chi connectivity index (χ4v) is 5.06. The second kappa shape index (κ2) is 9.62. The van der Waals surface area contributed by atoms with Gasteiger partial charge in [-0.2, -0.15) is 0 Å². The first kappa shape index (κ1) is 22.5. The summed E-state index contributed by atoms with van der Waals surface area (Å²) in [5, 5.41) is 3.43. The Morgan fingerprint density at radius 2 is 1.58 bits per heavy atom. The Morgan fingerprint density at radius 3 is 2.31 bits per heavy atom. The van der Waals surface area contributed by atoms with Crippen LogP contribution in [0.3, 0.4) is 0 Å². The van der Waals surface area contributed by atoms with E-state index in [-0.39, 0.29) is 5.91 Å². The molecule has 2 fully saturated rings. The normalized spacial score (nSPS) is 16.6. The van der Waals surface area contributed by atoms with Crippen molar-refractivity contribution in [1.29, 1.82) is 0 Å². The molecule has 0 atom stereocenters. The van der Waals surface area contributed by atoms with Crippen LogP contribution in [0.4, 0.5) is 17.2 Å². The maximum atomic E-state index is 12.7. The van der Waals surface area contributed by atoms with Gasteiger partial charge in [-0.25, -0.2) is 9.97 Å². The zero-order chi connectivity index (χ0) is 24.5. The van der Waals surface area contributed by atoms with Gasteiger partial charge in [0.2, 0.25) is 0 Å². The van der Waals surface area contributed by atoms with Crippen LogP contribution in [0.1, 0.15) is 23.2 Å². The number of nitrogens with zero attached hydrogens (tertiary/aromatic N) is 6. The molecule has 0 bridgehead atoms. The smallest absolute Gasteiger partial charge is 0.253 e. The van der Waals surface area contributed by atoms with Crippen molar-refractivity contribution < 1.29 is 4.79 Å². The summed E-state index contributed by atoms with van der Waals surface area (Å²) in [5.41, 5.74) is 5.63. The molecule has 0 spiro atoms. The van der Waals surface area contributed by atoms with Crippen LogP contribution in [-0.4, -0.2) is 76.4 Å². The molecule has 2 aromatic heterocycles. The van der Waals surface area contributed by atoms with E-state index in [1.54, 1.807) is 6.20 Å². The van der Waals surface area contributed by atoms with Crippen molar-refractivity contribution in [2.75, 3.05) is 56.5 Å². The second-order valence-corrected chi connectivity index (χ2v) is 9.65. The number of anilines is 3. The Kier molecular flexibility index (Phi) is 6.03. The molecule has 1 amide bonds. The number of hydrogen-bond donors (Lipinski definition) is 1. The zero-order valence-electron chi connectivity index (χ0n) is 20.6. The molecule has 1 N–H and O–H groups in total. The number of nitrogens with one attached hydrogen (secondary N) is 1. The number of benzene rings is 2. The number of carbonyl (C=O) groups excluding carboxylic acids is 1. The van der Waals surface area contributed by atoms with E-state index in [9.17, 15) is 4.79 Å². The summed E-state index contributed by atoms with van der Waals surface area (Å²) in [5.74, 6) is 0.820. The Hall–Kier alpha value is -3.91. The van der Waals surface area contributed by atoms with Crippen LogP contribution in [0, 0.1) is 0 Å². The molecule has 6 rings (SSSR count). The van der Waals surface area contributed by atoms with Crippen molar-refractivity contribution in [1.82, 2.24) is 24.2 Å². The van der Waals surface area contributed by atoms with Crippen LogP contribution >= 0.6 is 0 Å². The molecular weight excluding hydrogens is 450 g/mol. The highest BCUT2D eigenvalue weighted by Gasteiger charge is 2.20. The van der Waals surface area contributed by atoms with Gasteiger partial charge < -0.3 is 20.0 Å². The standard InChI is InChI=1S/C28H31N7O/c1-32-16-18-33(19-17-32)24-10-8-23(9-11-24)31-26-27-29-12-15-35(27)25(20-30-26)21-4-6-22(7-5-21)28(36)34-13-2-3-14-34/h4-12,15,20H,2-3,13-14,16-19H2,1H3,(H,30,31). The minimum Gasteiger partial charge on any atom is -0.369 e. The van der Waals surface area contributed by atoms with Crippen LogP contribution in [0.15, 0.2) is 67.1 Å². The summed E-state index contributed by atoms with van der Waals surface area (Å²) in [7, 11) is 2.17. The Labute approximate surface area is 211 Å². The topological polar surface area (TPSA) is 69.0 Å². The number of likely N-dealkylation sites (tertiary alicyclic amines) is 1. The summed E-state index contributed by atoms with van der Waals surface area (Å²) >= 11 is 0. The predicted molar refractivity (Wildman–Crippen MR) is 143 cm³/mol. The minimum absolute atomic E-state index is 0.114. The number of likely N-dealkylation sites (N-methyl/N-ethyl adjacent to an activating group) is 1. The van der Waals surface area contributed by atoms with Crippen molar-refractivity contribution >= 4 is 28.7 Å². The zero-order valence-corrected chi connectivity index (χ0v) is 20.6. The van der Waals surface area contributed by atoms with Crippen LogP contribution in [0.5, 0.6) is 0 Å². The number of fused-ring (bicyclic) bond motifs is 1. The first-order valence-electron chi connectivity index (χ1n) is 12.7. The molecule has 36 heavy (non-hydrogen) atoms. The molecule has 0 aliphatic carbocycles. The lowest BCUT2D eigenvalue weighted by molar-refractivity contribution is 0.0793. The first-order valence-corrected chi connectivity index (χ1v) is 12.7. The Bertz CT molecular complexity index is 1350. The van der Waals surface area contributed by atoms with E-state index in [1.165, 1.54) is 5.69 Å². The Balaban J connectivity index is 1.20. The number of amides is 1. The largest absolute Gasteiger partial charge is 0.369 e. The van der Waals surface area contributed by atoms with Crippen molar-refractivity contribution in [3.63, 3.8) is 0 Å². The first-order chi connectivity index (χ1) is 17.7. The van der Waals surface area contributed by atoms with E-state index in [1.807, 2.05) is 46.0 Å². The summed E-state index contributed by atoms with van der Waals surface area (Å²) in [6, 6.07) is 16.3. The van der Waals surface area contributed by atoms with E-state index in [4.69, 9.17) is 4.98 Å². The fraction of sp³-hybridized carbons (Fsp3) is 0.321. The van der Waals surface area contributed by atoms with Gasteiger partial charge in [-0.05, 0) is 56.3 Å². The number of imidazole rings is 1. The Morgan fingerprint density at radius 1 is 0.861 bits per heavy atom. The molecule has 2 aliphatic rings. The van der Waals surface area contributed by atoms with E-state index in [0.29, 0.717) is 5.82 Å². The molecule has 0 unspecified atom stereocenters. The summed E-state index contributed by atoms with van der Waals surface area (Å²) in [6.45, 7) is 5.99. The van der Waals surface area contributed by atoms with E-state index < -0.39 is 0 Å². The van der Waals surface area contributed by atoms with Crippen molar-refractivity contribution in [3.05, 3.63) is 72.7 Å². The van der Waals surface area contributed by atoms with E-state index in [0.717, 1.165) is 80.3 Å². The molecule has 4 heterocycles. The maximum Gasteiger partial charge on any atom is 0.253 e. The van der Waals surface area contributed by atoms with E-state index in [2.05, 4.69) is 51.4 Å². The van der Waals surface area contributed by atoms with Crippen molar-refractivity contribution in [2.24, 2.45) is 0 Å². The van der Waals surface area contributed by atoms with E-state index >= 15 is 0 Å². The van der Waals surface area contributed by atoms with Gasteiger partial charge in [0.05, 0.1) is 11.9 Å². The van der Waals surface area contributed by atoms with Gasteiger partial charge in [-0.15, -0.1) is 0 Å². The lowest BCUT2D eigenvalue weighted by Crippen LogP contribution is -2.44. The molecule has 184 valence electrons. The van der Waals surface area contributed by atoms with Gasteiger partial charge >= 0.3 is 0 Å². The SMILES string of the molecule is CN1CCN(c2ccc(Nc3ncc(-c4ccc(C(=O)N5CCCC5)cc4)n4ccnc34)cc2)CC1.